The van der Waals surface area contributed by atoms with Crippen LogP contribution in [0, 0.1) is 0 Å². The fourth-order valence-corrected chi connectivity index (χ4v) is 3.19. The first-order valence-electron chi connectivity index (χ1n) is 9.31. The molecule has 3 aromatic rings. The van der Waals surface area contributed by atoms with E-state index in [-0.39, 0.29) is 30.6 Å². The Morgan fingerprint density at radius 3 is 2.61 bits per heavy atom. The molecule has 28 heavy (non-hydrogen) atoms. The Balaban J connectivity index is 1.33. The van der Waals surface area contributed by atoms with Crippen LogP contribution < -0.4 is 14.8 Å². The van der Waals surface area contributed by atoms with E-state index in [4.69, 9.17) is 13.9 Å². The molecule has 0 fully saturated rings. The van der Waals surface area contributed by atoms with Crippen molar-refractivity contribution in [1.29, 1.82) is 0 Å². The SMILES string of the molecule is CC(NC(=O)CCC(=O)c1ccc2c(c1)OCCO2)c1cc2ccccc2o1. The maximum atomic E-state index is 12.4. The third kappa shape index (κ3) is 3.86. The number of nitrogens with one attached hydrogen (secondary N) is 1. The minimum Gasteiger partial charge on any atom is -0.486 e. The van der Waals surface area contributed by atoms with Crippen molar-refractivity contribution in [2.45, 2.75) is 25.8 Å². The summed E-state index contributed by atoms with van der Waals surface area (Å²) in [6.07, 6.45) is 0.232. The predicted octanol–water partition coefficient (Wildman–Crippen LogP) is 4.04. The molecule has 1 aromatic heterocycles. The minimum absolute atomic E-state index is 0.108. The van der Waals surface area contributed by atoms with Crippen LogP contribution in [0.25, 0.3) is 11.0 Å². The van der Waals surface area contributed by atoms with Gasteiger partial charge in [0.15, 0.2) is 17.3 Å². The molecule has 1 unspecified atom stereocenters. The molecule has 2 aromatic carbocycles. The summed E-state index contributed by atoms with van der Waals surface area (Å²) in [6.45, 7) is 2.83. The van der Waals surface area contributed by atoms with Crippen LogP contribution in [0.3, 0.4) is 0 Å². The van der Waals surface area contributed by atoms with Gasteiger partial charge in [0.2, 0.25) is 5.91 Å². The van der Waals surface area contributed by atoms with E-state index in [1.165, 1.54) is 0 Å². The van der Waals surface area contributed by atoms with Crippen LogP contribution in [0.4, 0.5) is 0 Å². The van der Waals surface area contributed by atoms with Gasteiger partial charge in [0.05, 0.1) is 6.04 Å². The van der Waals surface area contributed by atoms with E-state index in [0.717, 1.165) is 11.0 Å². The highest BCUT2D eigenvalue weighted by molar-refractivity contribution is 5.98. The molecular formula is C22H21NO5. The van der Waals surface area contributed by atoms with Crippen LogP contribution in [0.1, 0.15) is 41.9 Å². The number of hydrogen-bond donors (Lipinski definition) is 1. The topological polar surface area (TPSA) is 77.8 Å². The van der Waals surface area contributed by atoms with E-state index in [1.54, 1.807) is 18.2 Å². The number of carbonyl (C=O) groups is 2. The summed E-state index contributed by atoms with van der Waals surface area (Å²) < 4.78 is 16.7. The van der Waals surface area contributed by atoms with Gasteiger partial charge >= 0.3 is 0 Å². The van der Waals surface area contributed by atoms with Gasteiger partial charge in [-0.3, -0.25) is 9.59 Å². The molecule has 1 aliphatic rings. The number of para-hydroxylation sites is 1. The summed E-state index contributed by atoms with van der Waals surface area (Å²) in [4.78, 5) is 24.7. The molecule has 6 heteroatoms. The number of Topliss-reactive ketones (excluding diaryl/α,β-unsaturated/α-hetero) is 1. The molecule has 1 N–H and O–H groups in total. The van der Waals surface area contributed by atoms with Crippen molar-refractivity contribution in [3.8, 4) is 11.5 Å². The Labute approximate surface area is 162 Å². The highest BCUT2D eigenvalue weighted by Crippen LogP contribution is 2.31. The zero-order valence-corrected chi connectivity index (χ0v) is 15.6. The van der Waals surface area contributed by atoms with Crippen LogP contribution in [0.2, 0.25) is 0 Å². The number of rotatable bonds is 6. The number of furan rings is 1. The number of benzene rings is 2. The standard InChI is InChI=1S/C22H21NO5/c1-14(20-13-16-4-2-3-5-18(16)28-20)23-22(25)9-7-17(24)15-6-8-19-21(12-15)27-11-10-26-19/h2-6,8,12-14H,7,9-11H2,1H3,(H,23,25). The van der Waals surface area contributed by atoms with Crippen molar-refractivity contribution in [2.75, 3.05) is 13.2 Å². The summed E-state index contributed by atoms with van der Waals surface area (Å²) in [5.41, 5.74) is 1.30. The molecule has 2 heterocycles. The van der Waals surface area contributed by atoms with Crippen molar-refractivity contribution >= 4 is 22.7 Å². The Hall–Kier alpha value is -3.28. The molecule has 0 radical (unpaired) electrons. The number of fused-ring (bicyclic) bond motifs is 2. The molecule has 0 aliphatic carbocycles. The van der Waals surface area contributed by atoms with Gasteiger partial charge in [-0.15, -0.1) is 0 Å². The van der Waals surface area contributed by atoms with E-state index in [0.29, 0.717) is 36.0 Å². The van der Waals surface area contributed by atoms with E-state index in [2.05, 4.69) is 5.32 Å². The molecular weight excluding hydrogens is 358 g/mol. The van der Waals surface area contributed by atoms with E-state index in [1.807, 2.05) is 37.3 Å². The van der Waals surface area contributed by atoms with Gasteiger partial charge in [-0.25, -0.2) is 0 Å². The first-order valence-corrected chi connectivity index (χ1v) is 9.31. The lowest BCUT2D eigenvalue weighted by atomic mass is 10.1. The molecule has 1 amide bonds. The number of ketones is 1. The minimum atomic E-state index is -0.274. The lowest BCUT2D eigenvalue weighted by Gasteiger charge is -2.18. The fraction of sp³-hybridized carbons (Fsp3) is 0.273. The molecule has 0 bridgehead atoms. The molecule has 0 saturated carbocycles. The average Bonchev–Trinajstić information content (AvgIpc) is 3.16. The Kier molecular flexibility index (Phi) is 5.02. The van der Waals surface area contributed by atoms with Gasteiger partial charge in [0.1, 0.15) is 24.6 Å². The van der Waals surface area contributed by atoms with Crippen LogP contribution in [0.5, 0.6) is 11.5 Å². The maximum absolute atomic E-state index is 12.4. The van der Waals surface area contributed by atoms with Gasteiger partial charge in [0.25, 0.3) is 0 Å². The number of amides is 1. The second-order valence-electron chi connectivity index (χ2n) is 6.76. The summed E-state index contributed by atoms with van der Waals surface area (Å²) in [7, 11) is 0. The zero-order valence-electron chi connectivity index (χ0n) is 15.6. The summed E-state index contributed by atoms with van der Waals surface area (Å²) >= 11 is 0. The van der Waals surface area contributed by atoms with Crippen molar-refractivity contribution in [2.24, 2.45) is 0 Å². The van der Waals surface area contributed by atoms with Crippen LogP contribution >= 0.6 is 0 Å². The third-order valence-electron chi connectivity index (χ3n) is 4.69. The maximum Gasteiger partial charge on any atom is 0.221 e. The molecule has 0 spiro atoms. The molecule has 144 valence electrons. The summed E-state index contributed by atoms with van der Waals surface area (Å²) in [6, 6.07) is 14.4. The smallest absolute Gasteiger partial charge is 0.221 e. The van der Waals surface area contributed by atoms with E-state index >= 15 is 0 Å². The number of carbonyl (C=O) groups excluding carboxylic acids is 2. The quantitative estimate of drug-likeness (QED) is 0.654. The number of hydrogen-bond acceptors (Lipinski definition) is 5. The van der Waals surface area contributed by atoms with E-state index in [9.17, 15) is 9.59 Å². The molecule has 1 atom stereocenters. The molecule has 6 nitrogen and oxygen atoms in total. The lowest BCUT2D eigenvalue weighted by molar-refractivity contribution is -0.121. The highest BCUT2D eigenvalue weighted by Gasteiger charge is 2.18. The van der Waals surface area contributed by atoms with Crippen LogP contribution in [0.15, 0.2) is 52.9 Å². The van der Waals surface area contributed by atoms with Gasteiger partial charge in [-0.05, 0) is 37.3 Å². The lowest BCUT2D eigenvalue weighted by Crippen LogP contribution is -2.26. The van der Waals surface area contributed by atoms with Gasteiger partial charge in [0, 0.05) is 23.8 Å². The Bertz CT molecular complexity index is 990. The Morgan fingerprint density at radius 2 is 1.79 bits per heavy atom. The summed E-state index contributed by atoms with van der Waals surface area (Å²) in [5.74, 6) is 1.59. The van der Waals surface area contributed by atoms with Crippen LogP contribution in [-0.2, 0) is 4.79 Å². The fourth-order valence-electron chi connectivity index (χ4n) is 3.19. The van der Waals surface area contributed by atoms with Gasteiger partial charge in [-0.1, -0.05) is 18.2 Å². The molecule has 0 saturated heterocycles. The highest BCUT2D eigenvalue weighted by atomic mass is 16.6. The third-order valence-corrected chi connectivity index (χ3v) is 4.69. The zero-order chi connectivity index (χ0) is 19.5. The van der Waals surface area contributed by atoms with Gasteiger partial charge < -0.3 is 19.2 Å². The number of ether oxygens (including phenoxy) is 2. The second kappa shape index (κ2) is 7.76. The van der Waals surface area contributed by atoms with Crippen molar-refractivity contribution in [1.82, 2.24) is 5.32 Å². The molecule has 1 aliphatic heterocycles. The van der Waals surface area contributed by atoms with Crippen LogP contribution in [-0.4, -0.2) is 24.9 Å². The first-order chi connectivity index (χ1) is 13.6. The van der Waals surface area contributed by atoms with Crippen molar-refractivity contribution in [3.05, 3.63) is 59.9 Å². The van der Waals surface area contributed by atoms with E-state index < -0.39 is 0 Å². The Morgan fingerprint density at radius 1 is 1.00 bits per heavy atom. The monoisotopic (exact) mass is 379 g/mol. The van der Waals surface area contributed by atoms with Crippen molar-refractivity contribution in [3.63, 3.8) is 0 Å². The molecule has 4 rings (SSSR count). The second-order valence-corrected chi connectivity index (χ2v) is 6.76. The predicted molar refractivity (Wildman–Crippen MR) is 104 cm³/mol. The average molecular weight is 379 g/mol. The van der Waals surface area contributed by atoms with Crippen molar-refractivity contribution < 1.29 is 23.5 Å². The normalized spacial score (nSPS) is 13.9. The van der Waals surface area contributed by atoms with Gasteiger partial charge in [-0.2, -0.15) is 0 Å². The first kappa shape index (κ1) is 18.1. The largest absolute Gasteiger partial charge is 0.486 e. The summed E-state index contributed by atoms with van der Waals surface area (Å²) in [5, 5.41) is 3.88.